The molecule has 8 atom stereocenters. The third-order valence-corrected chi connectivity index (χ3v) is 12.6. The van der Waals surface area contributed by atoms with Crippen LogP contribution in [0.5, 0.6) is 0 Å². The summed E-state index contributed by atoms with van der Waals surface area (Å²) in [6.45, 7) is 3.75. The lowest BCUT2D eigenvalue weighted by Crippen LogP contribution is -2.64. The summed E-state index contributed by atoms with van der Waals surface area (Å²) in [7, 11) is -5.12. The van der Waals surface area contributed by atoms with Crippen molar-refractivity contribution >= 4 is 13.7 Å². The zero-order valence-electron chi connectivity index (χ0n) is 37.4. The van der Waals surface area contributed by atoms with Crippen LogP contribution in [0.3, 0.4) is 0 Å². The fourth-order valence-electron chi connectivity index (χ4n) is 7.65. The minimum Gasteiger partial charge on any atom is -0.393 e. The molecule has 60 heavy (non-hydrogen) atoms. The zero-order chi connectivity index (χ0) is 44.4. The van der Waals surface area contributed by atoms with Gasteiger partial charge in [0.25, 0.3) is 0 Å². The van der Waals surface area contributed by atoms with Crippen molar-refractivity contribution in [3.05, 3.63) is 24.3 Å². The molecular weight excluding hydrogens is 789 g/mol. The number of allylic oxidation sites excluding steroid dienone is 4. The summed E-state index contributed by atoms with van der Waals surface area (Å²) >= 11 is 0. The third kappa shape index (κ3) is 27.8. The first kappa shape index (κ1) is 56.8. The highest BCUT2D eigenvalue weighted by atomic mass is 31.2. The van der Waals surface area contributed by atoms with E-state index in [0.717, 1.165) is 64.2 Å². The van der Waals surface area contributed by atoms with Crippen LogP contribution in [0.4, 0.5) is 0 Å². The number of carbonyl (C=O) groups is 1. The molecule has 0 radical (unpaired) electrons. The SMILES string of the molecule is CCCCC/C=C\C=C/CCCCCCC(O)CC(=O)NC(COP(=O)(O)OC1C(O)C(O)C(O)C(O)C1O)C(O)CCCCCCCCCCCCCCCCCCC. The van der Waals surface area contributed by atoms with Crippen LogP contribution in [0.2, 0.25) is 0 Å². The van der Waals surface area contributed by atoms with Crippen LogP contribution >= 0.6 is 7.82 Å². The Kier molecular flexibility index (Phi) is 34.2. The van der Waals surface area contributed by atoms with E-state index in [-0.39, 0.29) is 12.8 Å². The third-order valence-electron chi connectivity index (χ3n) is 11.6. The van der Waals surface area contributed by atoms with Crippen LogP contribution in [0, 0.1) is 0 Å². The van der Waals surface area contributed by atoms with Crippen molar-refractivity contribution < 1.29 is 59.0 Å². The standard InChI is InChI=1S/C46H88NO12P/c1-3-5-7-9-11-13-15-17-18-19-20-22-24-26-28-30-32-34-39(49)38(36-58-60(56,57)59-46-44(54)42(52)41(51)43(53)45(46)55)47-40(50)35-37(48)33-31-29-27-25-23-21-16-14-12-10-8-6-4-2/h12,14,16,21,37-39,41-46,48-49,51-55H,3-11,13,15,17-20,22-36H2,1-2H3,(H,47,50)(H,56,57)/b14-12-,21-16-. The molecule has 1 aliphatic carbocycles. The van der Waals surface area contributed by atoms with Gasteiger partial charge in [-0.25, -0.2) is 4.57 Å². The molecule has 9 N–H and O–H groups in total. The van der Waals surface area contributed by atoms with Gasteiger partial charge in [-0.15, -0.1) is 0 Å². The average molecular weight is 878 g/mol. The molecule has 0 aromatic carbocycles. The Morgan fingerprint density at radius 2 is 0.967 bits per heavy atom. The van der Waals surface area contributed by atoms with Crippen molar-refractivity contribution in [1.29, 1.82) is 0 Å². The van der Waals surface area contributed by atoms with Crippen molar-refractivity contribution in [2.45, 2.75) is 255 Å². The van der Waals surface area contributed by atoms with E-state index in [1.807, 2.05) is 0 Å². The highest BCUT2D eigenvalue weighted by Gasteiger charge is 2.51. The van der Waals surface area contributed by atoms with E-state index >= 15 is 0 Å². The Hall–Kier alpha value is -1.22. The van der Waals surface area contributed by atoms with Gasteiger partial charge in [0.05, 0.1) is 31.3 Å². The molecule has 0 heterocycles. The zero-order valence-corrected chi connectivity index (χ0v) is 38.3. The van der Waals surface area contributed by atoms with E-state index in [2.05, 4.69) is 43.5 Å². The smallest absolute Gasteiger partial charge is 0.393 e. The largest absolute Gasteiger partial charge is 0.472 e. The van der Waals surface area contributed by atoms with E-state index in [1.165, 1.54) is 96.3 Å². The summed E-state index contributed by atoms with van der Waals surface area (Å²) in [4.78, 5) is 23.5. The summed E-state index contributed by atoms with van der Waals surface area (Å²) < 4.78 is 22.9. The highest BCUT2D eigenvalue weighted by molar-refractivity contribution is 7.47. The van der Waals surface area contributed by atoms with Crippen LogP contribution in [-0.4, -0.2) is 108 Å². The Morgan fingerprint density at radius 1 is 0.583 bits per heavy atom. The monoisotopic (exact) mass is 878 g/mol. The molecule has 8 unspecified atom stereocenters. The molecule has 1 rings (SSSR count). The second-order valence-corrected chi connectivity index (χ2v) is 18.6. The lowest BCUT2D eigenvalue weighted by atomic mass is 9.85. The highest BCUT2D eigenvalue weighted by Crippen LogP contribution is 2.47. The Balaban J connectivity index is 2.53. The van der Waals surface area contributed by atoms with Gasteiger partial charge in [0.1, 0.15) is 36.6 Å². The number of hydrogen-bond donors (Lipinski definition) is 9. The Morgan fingerprint density at radius 3 is 1.45 bits per heavy atom. The number of aliphatic hydroxyl groups excluding tert-OH is 7. The van der Waals surface area contributed by atoms with Gasteiger partial charge in [-0.3, -0.25) is 13.8 Å². The number of phosphoric ester groups is 1. The van der Waals surface area contributed by atoms with E-state index in [4.69, 9.17) is 9.05 Å². The Bertz CT molecular complexity index is 1130. The maximum absolute atomic E-state index is 13.0. The summed E-state index contributed by atoms with van der Waals surface area (Å²) in [6.07, 6.45) is 25.1. The maximum Gasteiger partial charge on any atom is 0.472 e. The van der Waals surface area contributed by atoms with Crippen LogP contribution in [0.25, 0.3) is 0 Å². The van der Waals surface area contributed by atoms with Gasteiger partial charge >= 0.3 is 7.82 Å². The fourth-order valence-corrected chi connectivity index (χ4v) is 8.61. The van der Waals surface area contributed by atoms with Crippen LogP contribution < -0.4 is 5.32 Å². The van der Waals surface area contributed by atoms with Crippen LogP contribution in [0.1, 0.15) is 200 Å². The van der Waals surface area contributed by atoms with E-state index in [0.29, 0.717) is 12.8 Å². The molecule has 354 valence electrons. The predicted molar refractivity (Wildman–Crippen MR) is 238 cm³/mol. The molecule has 13 nitrogen and oxygen atoms in total. The molecule has 0 saturated heterocycles. The van der Waals surface area contributed by atoms with Gasteiger partial charge < -0.3 is 46.0 Å². The van der Waals surface area contributed by atoms with E-state index in [1.54, 1.807) is 0 Å². The normalized spacial score (nSPS) is 23.6. The molecule has 0 aromatic heterocycles. The van der Waals surface area contributed by atoms with Crippen molar-refractivity contribution in [2.75, 3.05) is 6.61 Å². The second-order valence-electron chi connectivity index (χ2n) is 17.2. The second kappa shape index (κ2) is 36.2. The number of aliphatic hydroxyl groups is 7. The number of phosphoric acid groups is 1. The summed E-state index contributed by atoms with van der Waals surface area (Å²) in [5.74, 6) is -0.572. The lowest BCUT2D eigenvalue weighted by molar-refractivity contribution is -0.220. The molecule has 1 amide bonds. The molecule has 14 heteroatoms. The maximum atomic E-state index is 13.0. The Labute approximate surface area is 363 Å². The van der Waals surface area contributed by atoms with Gasteiger partial charge in [0.15, 0.2) is 0 Å². The van der Waals surface area contributed by atoms with Crippen LogP contribution in [0.15, 0.2) is 24.3 Å². The van der Waals surface area contributed by atoms with Gasteiger partial charge in [-0.1, -0.05) is 179 Å². The number of unbranched alkanes of at least 4 members (excludes halogenated alkanes) is 23. The van der Waals surface area contributed by atoms with Gasteiger partial charge in [0, 0.05) is 0 Å². The first-order valence-corrected chi connectivity index (χ1v) is 25.4. The molecule has 0 spiro atoms. The molecule has 0 aromatic rings. The minimum absolute atomic E-state index is 0.235. The molecular formula is C46H88NO12P. The molecule has 1 fully saturated rings. The minimum atomic E-state index is -5.12. The van der Waals surface area contributed by atoms with Crippen molar-refractivity contribution in [2.24, 2.45) is 0 Å². The lowest BCUT2D eigenvalue weighted by Gasteiger charge is -2.41. The first-order valence-electron chi connectivity index (χ1n) is 23.9. The van der Waals surface area contributed by atoms with Crippen molar-refractivity contribution in [3.8, 4) is 0 Å². The summed E-state index contributed by atoms with van der Waals surface area (Å²) in [5.41, 5.74) is 0. The van der Waals surface area contributed by atoms with Crippen LogP contribution in [-0.2, 0) is 18.4 Å². The quantitative estimate of drug-likeness (QED) is 0.0163. The summed E-state index contributed by atoms with van der Waals surface area (Å²) in [6, 6.07) is -1.16. The number of carbonyl (C=O) groups excluding carboxylic acids is 1. The number of nitrogens with one attached hydrogen (secondary N) is 1. The fraction of sp³-hybridized carbons (Fsp3) is 0.891. The van der Waals surface area contributed by atoms with Crippen molar-refractivity contribution in [3.63, 3.8) is 0 Å². The molecule has 0 aliphatic heterocycles. The molecule has 1 saturated carbocycles. The molecule has 0 bridgehead atoms. The van der Waals surface area contributed by atoms with E-state index < -0.39 is 75.2 Å². The van der Waals surface area contributed by atoms with Gasteiger partial charge in [0.2, 0.25) is 5.91 Å². The van der Waals surface area contributed by atoms with E-state index in [9.17, 15) is 50.0 Å². The number of amides is 1. The molecule has 1 aliphatic rings. The van der Waals surface area contributed by atoms with Gasteiger partial charge in [-0.2, -0.15) is 0 Å². The average Bonchev–Trinajstić information content (AvgIpc) is 3.22. The first-order chi connectivity index (χ1) is 28.8. The number of rotatable bonds is 39. The van der Waals surface area contributed by atoms with Gasteiger partial charge in [-0.05, 0) is 38.5 Å². The number of hydrogen-bond acceptors (Lipinski definition) is 11. The topological polar surface area (TPSA) is 226 Å². The summed E-state index contributed by atoms with van der Waals surface area (Å²) in [5, 5.41) is 74.6. The predicted octanol–water partition coefficient (Wildman–Crippen LogP) is 7.98. The van der Waals surface area contributed by atoms with Crippen molar-refractivity contribution in [1.82, 2.24) is 5.32 Å².